The van der Waals surface area contributed by atoms with Gasteiger partial charge in [-0.1, -0.05) is 31.5 Å². The zero-order valence-electron chi connectivity index (χ0n) is 7.03. The Kier molecular flexibility index (Phi) is 6.02. The molecule has 3 heteroatoms. The number of hydrogen-bond acceptors (Lipinski definition) is 1. The van der Waals surface area contributed by atoms with Crippen LogP contribution in [0.25, 0.3) is 0 Å². The van der Waals surface area contributed by atoms with Gasteiger partial charge in [0.1, 0.15) is 0 Å². The average Bonchev–Trinajstić information content (AvgIpc) is 1.99. The lowest BCUT2D eigenvalue weighted by molar-refractivity contribution is 0.395. The fourth-order valence-electron chi connectivity index (χ4n) is 0.586. The molecule has 0 rings (SSSR count). The molecule has 0 unspecified atom stereocenters. The van der Waals surface area contributed by atoms with E-state index in [-0.39, 0.29) is 5.41 Å². The van der Waals surface area contributed by atoms with Crippen LogP contribution in [0.3, 0.4) is 0 Å². The molecule has 0 aliphatic rings. The Morgan fingerprint density at radius 1 is 1.45 bits per heavy atom. The third kappa shape index (κ3) is 6.67. The predicted octanol–water partition coefficient (Wildman–Crippen LogP) is 2.59. The normalized spacial score (nSPS) is 12.7. The standard InChI is InChI=1S/C8H15Cl2N/c1-8(2,6-10)7-11-5-3-4-9/h3-4,11H,5-7H2,1-2H3/b4-3+. The summed E-state index contributed by atoms with van der Waals surface area (Å²) in [5.74, 6) is 0.671. The van der Waals surface area contributed by atoms with Crippen LogP contribution in [-0.4, -0.2) is 19.0 Å². The van der Waals surface area contributed by atoms with Gasteiger partial charge in [-0.05, 0) is 5.41 Å². The van der Waals surface area contributed by atoms with E-state index in [0.29, 0.717) is 5.88 Å². The summed E-state index contributed by atoms with van der Waals surface area (Å²) in [7, 11) is 0. The Balaban J connectivity index is 3.37. The second-order valence-corrected chi connectivity index (χ2v) is 3.81. The van der Waals surface area contributed by atoms with Crippen molar-refractivity contribution in [3.63, 3.8) is 0 Å². The van der Waals surface area contributed by atoms with Gasteiger partial charge in [0.25, 0.3) is 0 Å². The summed E-state index contributed by atoms with van der Waals surface area (Å²) in [6, 6.07) is 0. The molecule has 66 valence electrons. The lowest BCUT2D eigenvalue weighted by Crippen LogP contribution is -2.30. The predicted molar refractivity (Wildman–Crippen MR) is 52.4 cm³/mol. The van der Waals surface area contributed by atoms with Gasteiger partial charge < -0.3 is 5.32 Å². The van der Waals surface area contributed by atoms with Crippen molar-refractivity contribution >= 4 is 23.2 Å². The van der Waals surface area contributed by atoms with Crippen molar-refractivity contribution in [2.45, 2.75) is 13.8 Å². The highest BCUT2D eigenvalue weighted by Crippen LogP contribution is 2.14. The molecule has 11 heavy (non-hydrogen) atoms. The van der Waals surface area contributed by atoms with Crippen LogP contribution in [0, 0.1) is 5.41 Å². The van der Waals surface area contributed by atoms with Gasteiger partial charge in [0.2, 0.25) is 0 Å². The molecule has 0 saturated heterocycles. The van der Waals surface area contributed by atoms with E-state index in [9.17, 15) is 0 Å². The fraction of sp³-hybridized carbons (Fsp3) is 0.750. The molecular formula is C8H15Cl2N. The van der Waals surface area contributed by atoms with Crippen LogP contribution in [0.1, 0.15) is 13.8 Å². The summed E-state index contributed by atoms with van der Waals surface area (Å²) in [6.45, 7) is 5.97. The molecule has 0 radical (unpaired) electrons. The molecule has 0 spiro atoms. The van der Waals surface area contributed by atoms with E-state index in [4.69, 9.17) is 23.2 Å². The first kappa shape index (κ1) is 11.3. The van der Waals surface area contributed by atoms with Gasteiger partial charge in [-0.2, -0.15) is 0 Å². The summed E-state index contributed by atoms with van der Waals surface area (Å²) >= 11 is 11.1. The van der Waals surface area contributed by atoms with Crippen LogP contribution < -0.4 is 5.32 Å². The van der Waals surface area contributed by atoms with Crippen LogP contribution in [-0.2, 0) is 0 Å². The minimum absolute atomic E-state index is 0.168. The monoisotopic (exact) mass is 195 g/mol. The highest BCUT2D eigenvalue weighted by atomic mass is 35.5. The van der Waals surface area contributed by atoms with Crippen molar-refractivity contribution in [3.05, 3.63) is 11.6 Å². The van der Waals surface area contributed by atoms with Crippen LogP contribution in [0.2, 0.25) is 0 Å². The lowest BCUT2D eigenvalue weighted by Gasteiger charge is -2.20. The van der Waals surface area contributed by atoms with Gasteiger partial charge >= 0.3 is 0 Å². The minimum atomic E-state index is 0.168. The van der Waals surface area contributed by atoms with Gasteiger partial charge in [-0.15, -0.1) is 11.6 Å². The first-order chi connectivity index (χ1) is 5.12. The summed E-state index contributed by atoms with van der Waals surface area (Å²) in [5.41, 5.74) is 1.68. The molecule has 0 aromatic rings. The second kappa shape index (κ2) is 5.87. The van der Waals surface area contributed by atoms with E-state index in [0.717, 1.165) is 13.1 Å². The zero-order valence-corrected chi connectivity index (χ0v) is 8.54. The molecular weight excluding hydrogens is 181 g/mol. The van der Waals surface area contributed by atoms with E-state index in [2.05, 4.69) is 19.2 Å². The Hall–Kier alpha value is 0.280. The Labute approximate surface area is 78.8 Å². The smallest absolute Gasteiger partial charge is 0.0286 e. The Morgan fingerprint density at radius 3 is 2.55 bits per heavy atom. The number of rotatable bonds is 5. The Bertz CT molecular complexity index is 121. The summed E-state index contributed by atoms with van der Waals surface area (Å²) in [4.78, 5) is 0. The zero-order chi connectivity index (χ0) is 8.74. The summed E-state index contributed by atoms with van der Waals surface area (Å²) in [6.07, 6.45) is 1.87. The molecule has 0 aliphatic heterocycles. The molecule has 0 heterocycles. The first-order valence-corrected chi connectivity index (χ1v) is 4.61. The molecule has 0 aromatic heterocycles. The van der Waals surface area contributed by atoms with Gasteiger partial charge in [-0.3, -0.25) is 0 Å². The van der Waals surface area contributed by atoms with Crippen molar-refractivity contribution in [2.75, 3.05) is 19.0 Å². The summed E-state index contributed by atoms with van der Waals surface area (Å²) in [5, 5.41) is 3.22. The molecule has 0 bridgehead atoms. The van der Waals surface area contributed by atoms with Gasteiger partial charge in [0, 0.05) is 24.5 Å². The van der Waals surface area contributed by atoms with E-state index < -0.39 is 0 Å². The number of halogens is 2. The van der Waals surface area contributed by atoms with E-state index in [1.165, 1.54) is 5.54 Å². The largest absolute Gasteiger partial charge is 0.313 e. The van der Waals surface area contributed by atoms with Crippen molar-refractivity contribution < 1.29 is 0 Å². The maximum atomic E-state index is 5.72. The number of hydrogen-bond donors (Lipinski definition) is 1. The minimum Gasteiger partial charge on any atom is -0.313 e. The van der Waals surface area contributed by atoms with Crippen molar-refractivity contribution in [3.8, 4) is 0 Å². The fourth-order valence-corrected chi connectivity index (χ4v) is 0.769. The van der Waals surface area contributed by atoms with Crippen molar-refractivity contribution in [2.24, 2.45) is 5.41 Å². The van der Waals surface area contributed by atoms with Gasteiger partial charge in [0.15, 0.2) is 0 Å². The van der Waals surface area contributed by atoms with Crippen LogP contribution >= 0.6 is 23.2 Å². The molecule has 0 amide bonds. The van der Waals surface area contributed by atoms with Crippen LogP contribution in [0.5, 0.6) is 0 Å². The van der Waals surface area contributed by atoms with Crippen LogP contribution in [0.15, 0.2) is 11.6 Å². The highest BCUT2D eigenvalue weighted by Gasteiger charge is 2.14. The molecule has 0 atom stereocenters. The first-order valence-electron chi connectivity index (χ1n) is 3.64. The maximum Gasteiger partial charge on any atom is 0.0286 e. The van der Waals surface area contributed by atoms with Crippen LogP contribution in [0.4, 0.5) is 0 Å². The summed E-state index contributed by atoms with van der Waals surface area (Å²) < 4.78 is 0. The van der Waals surface area contributed by atoms with Gasteiger partial charge in [0.05, 0.1) is 0 Å². The SMILES string of the molecule is CC(C)(CCl)CNC/C=C/Cl. The molecule has 0 aromatic carbocycles. The van der Waals surface area contributed by atoms with Crippen molar-refractivity contribution in [1.82, 2.24) is 5.32 Å². The third-order valence-electron chi connectivity index (χ3n) is 1.32. The quantitative estimate of drug-likeness (QED) is 0.526. The van der Waals surface area contributed by atoms with E-state index in [1.807, 2.05) is 6.08 Å². The van der Waals surface area contributed by atoms with E-state index >= 15 is 0 Å². The van der Waals surface area contributed by atoms with Crippen molar-refractivity contribution in [1.29, 1.82) is 0 Å². The maximum absolute atomic E-state index is 5.72. The molecule has 0 fully saturated rings. The number of nitrogens with one attached hydrogen (secondary N) is 1. The van der Waals surface area contributed by atoms with E-state index in [1.54, 1.807) is 0 Å². The third-order valence-corrected chi connectivity index (χ3v) is 2.22. The topological polar surface area (TPSA) is 12.0 Å². The molecule has 0 saturated carbocycles. The average molecular weight is 196 g/mol. The highest BCUT2D eigenvalue weighted by molar-refractivity contribution is 6.25. The number of alkyl halides is 1. The molecule has 1 nitrogen and oxygen atoms in total. The second-order valence-electron chi connectivity index (χ2n) is 3.29. The molecule has 1 N–H and O–H groups in total. The molecule has 0 aliphatic carbocycles. The van der Waals surface area contributed by atoms with Gasteiger partial charge in [-0.25, -0.2) is 0 Å². The lowest BCUT2D eigenvalue weighted by atomic mass is 9.97. The Morgan fingerprint density at radius 2 is 2.09 bits per heavy atom.